The van der Waals surface area contributed by atoms with E-state index in [1.54, 1.807) is 24.4 Å². The molecule has 2 saturated heterocycles. The predicted molar refractivity (Wildman–Crippen MR) is 247 cm³/mol. The van der Waals surface area contributed by atoms with Crippen molar-refractivity contribution in [3.63, 3.8) is 0 Å². The fraction of sp³-hybridized carbons (Fsp3) is 0.275. The molecule has 7 aromatic rings. The summed E-state index contributed by atoms with van der Waals surface area (Å²) in [5.41, 5.74) is 6.78. The number of pyridine rings is 1. The maximum absolute atomic E-state index is 14.3. The zero-order valence-electron chi connectivity index (χ0n) is 36.5. The Morgan fingerprint density at radius 2 is 1.22 bits per heavy atom. The molecule has 14 nitrogen and oxygen atoms in total. The molecule has 330 valence electrons. The van der Waals surface area contributed by atoms with Crippen molar-refractivity contribution in [3.05, 3.63) is 151 Å². The number of aromatic nitrogens is 5. The lowest BCUT2D eigenvalue weighted by Gasteiger charge is -2.30. The van der Waals surface area contributed by atoms with Crippen molar-refractivity contribution >= 4 is 34.6 Å². The van der Waals surface area contributed by atoms with Gasteiger partial charge < -0.3 is 35.1 Å². The van der Waals surface area contributed by atoms with Crippen molar-refractivity contribution in [2.24, 2.45) is 5.92 Å². The summed E-state index contributed by atoms with van der Waals surface area (Å²) in [6.45, 7) is 4.95. The van der Waals surface area contributed by atoms with Crippen LogP contribution >= 0.6 is 0 Å². The molecule has 0 radical (unpaired) electrons. The lowest BCUT2D eigenvalue weighted by atomic mass is 9.98. The van der Waals surface area contributed by atoms with Crippen LogP contribution in [-0.4, -0.2) is 84.8 Å². The number of fused-ring (bicyclic) bond motifs is 1. The summed E-state index contributed by atoms with van der Waals surface area (Å²) in [6.07, 6.45) is 7.76. The number of rotatable bonds is 12. The number of amides is 4. The van der Waals surface area contributed by atoms with E-state index in [0.717, 1.165) is 75.9 Å². The number of H-pyrrole nitrogens is 2. The molecule has 2 aliphatic rings. The third kappa shape index (κ3) is 8.97. The Balaban J connectivity index is 0.871. The van der Waals surface area contributed by atoms with Gasteiger partial charge in [-0.15, -0.1) is 0 Å². The molecular weight excluding hydrogens is 819 g/mol. The van der Waals surface area contributed by atoms with E-state index in [2.05, 4.69) is 86.2 Å². The maximum atomic E-state index is 14.3. The minimum atomic E-state index is -0.883. The van der Waals surface area contributed by atoms with E-state index in [1.807, 2.05) is 66.4 Å². The number of hydrogen-bond donors (Lipinski definition) is 4. The molecule has 4 amide bonds. The highest BCUT2D eigenvalue weighted by Crippen LogP contribution is 2.36. The minimum Gasteiger partial charge on any atom is -0.453 e. The molecule has 4 aromatic carbocycles. The lowest BCUT2D eigenvalue weighted by molar-refractivity contribution is -0.135. The largest absolute Gasteiger partial charge is 0.453 e. The average Bonchev–Trinajstić information content (AvgIpc) is 4.20. The van der Waals surface area contributed by atoms with Crippen LogP contribution in [0.2, 0.25) is 0 Å². The van der Waals surface area contributed by atoms with Gasteiger partial charge in [0.25, 0.3) is 5.91 Å². The number of alkyl carbamates (subject to hydrolysis) is 1. The van der Waals surface area contributed by atoms with Gasteiger partial charge in [0.05, 0.1) is 43.0 Å². The summed E-state index contributed by atoms with van der Waals surface area (Å²) in [4.78, 5) is 77.4. The van der Waals surface area contributed by atoms with Crippen LogP contribution < -0.4 is 10.6 Å². The summed E-state index contributed by atoms with van der Waals surface area (Å²) in [7, 11) is 1.29. The molecule has 0 saturated carbocycles. The van der Waals surface area contributed by atoms with E-state index in [-0.39, 0.29) is 35.5 Å². The fourth-order valence-electron chi connectivity index (χ4n) is 9.05. The van der Waals surface area contributed by atoms with Gasteiger partial charge in [0, 0.05) is 24.8 Å². The van der Waals surface area contributed by atoms with E-state index in [9.17, 15) is 19.2 Å². The number of nitrogens with one attached hydrogen (secondary N) is 4. The molecule has 2 aliphatic heterocycles. The van der Waals surface area contributed by atoms with Crippen LogP contribution in [0.25, 0.3) is 44.4 Å². The van der Waals surface area contributed by atoms with E-state index >= 15 is 0 Å². The average molecular weight is 870 g/mol. The van der Waals surface area contributed by atoms with Crippen LogP contribution in [0, 0.1) is 5.92 Å². The number of carbonyl (C=O) groups excluding carboxylic acids is 4. The monoisotopic (exact) mass is 869 g/mol. The molecule has 4 N–H and O–H groups in total. The van der Waals surface area contributed by atoms with Gasteiger partial charge in [-0.1, -0.05) is 98.8 Å². The SMILES string of the molecule is COC(=O)N[C@H](C(=O)N1CCC[C@H]1c1ncc(-c2ccc3cc(-c4ccc(-c5cnc([C@@H]6CCCN6C(=O)[C@H](NC(=O)c6ccccn6)c6ccccc6)[nH]5)cc4)ccc3c2)[nH]1)C(C)C. The molecule has 0 unspecified atom stereocenters. The van der Waals surface area contributed by atoms with Gasteiger partial charge in [-0.05, 0) is 88.9 Å². The summed E-state index contributed by atoms with van der Waals surface area (Å²) in [6, 6.07) is 33.5. The Hall–Kier alpha value is -7.61. The zero-order chi connectivity index (χ0) is 45.0. The number of methoxy groups -OCH3 is 1. The normalized spacial score (nSPS) is 17.0. The Morgan fingerprint density at radius 3 is 1.83 bits per heavy atom. The number of ether oxygens (including phenoxy) is 1. The summed E-state index contributed by atoms with van der Waals surface area (Å²) in [5.74, 6) is 0.575. The molecule has 2 fully saturated rings. The first-order chi connectivity index (χ1) is 31.6. The van der Waals surface area contributed by atoms with Gasteiger partial charge in [-0.3, -0.25) is 19.4 Å². The molecule has 3 aromatic heterocycles. The highest BCUT2D eigenvalue weighted by molar-refractivity contribution is 5.97. The smallest absolute Gasteiger partial charge is 0.407 e. The van der Waals surface area contributed by atoms with Crippen LogP contribution in [0.3, 0.4) is 0 Å². The third-order valence-corrected chi connectivity index (χ3v) is 12.5. The number of nitrogens with zero attached hydrogens (tertiary/aromatic N) is 5. The molecule has 9 rings (SSSR count). The van der Waals surface area contributed by atoms with Crippen molar-refractivity contribution in [1.29, 1.82) is 0 Å². The predicted octanol–water partition coefficient (Wildman–Crippen LogP) is 8.56. The van der Waals surface area contributed by atoms with Gasteiger partial charge >= 0.3 is 6.09 Å². The number of imidazole rings is 2. The van der Waals surface area contributed by atoms with Gasteiger partial charge in [-0.25, -0.2) is 14.8 Å². The minimum absolute atomic E-state index is 0.110. The third-order valence-electron chi connectivity index (χ3n) is 12.5. The first kappa shape index (κ1) is 42.7. The second-order valence-electron chi connectivity index (χ2n) is 17.0. The van der Waals surface area contributed by atoms with Gasteiger partial charge in [-0.2, -0.15) is 0 Å². The topological polar surface area (TPSA) is 178 Å². The highest BCUT2D eigenvalue weighted by atomic mass is 16.5. The van der Waals surface area contributed by atoms with Crippen LogP contribution in [0.5, 0.6) is 0 Å². The number of aromatic amines is 2. The highest BCUT2D eigenvalue weighted by Gasteiger charge is 2.39. The Kier molecular flexibility index (Phi) is 12.2. The number of benzene rings is 4. The number of likely N-dealkylation sites (tertiary alicyclic amines) is 2. The van der Waals surface area contributed by atoms with Gasteiger partial charge in [0.1, 0.15) is 29.4 Å². The van der Waals surface area contributed by atoms with Crippen LogP contribution in [0.1, 0.15) is 85.4 Å². The van der Waals surface area contributed by atoms with Crippen LogP contribution in [0.4, 0.5) is 4.79 Å². The van der Waals surface area contributed by atoms with E-state index in [0.29, 0.717) is 24.5 Å². The molecular formula is C51H51N9O5. The van der Waals surface area contributed by atoms with E-state index in [4.69, 9.17) is 14.7 Å². The summed E-state index contributed by atoms with van der Waals surface area (Å²) >= 11 is 0. The maximum Gasteiger partial charge on any atom is 0.407 e. The molecule has 5 heterocycles. The van der Waals surface area contributed by atoms with Crippen molar-refractivity contribution in [2.45, 2.75) is 63.7 Å². The molecule has 65 heavy (non-hydrogen) atoms. The second-order valence-corrected chi connectivity index (χ2v) is 17.0. The quantitative estimate of drug-likeness (QED) is 0.0944. The van der Waals surface area contributed by atoms with Crippen LogP contribution in [0.15, 0.2) is 128 Å². The number of hydrogen-bond acceptors (Lipinski definition) is 8. The molecule has 0 aliphatic carbocycles. The molecule has 4 atom stereocenters. The van der Waals surface area contributed by atoms with Crippen LogP contribution in [-0.2, 0) is 14.3 Å². The molecule has 0 spiro atoms. The first-order valence-corrected chi connectivity index (χ1v) is 22.1. The van der Waals surface area contributed by atoms with Crippen molar-refractivity contribution in [3.8, 4) is 33.6 Å². The Labute approximate surface area is 376 Å². The lowest BCUT2D eigenvalue weighted by Crippen LogP contribution is -2.51. The van der Waals surface area contributed by atoms with Crippen molar-refractivity contribution in [1.82, 2.24) is 45.4 Å². The zero-order valence-corrected chi connectivity index (χ0v) is 36.5. The van der Waals surface area contributed by atoms with Gasteiger partial charge in [0.15, 0.2) is 0 Å². The van der Waals surface area contributed by atoms with Crippen molar-refractivity contribution in [2.75, 3.05) is 20.2 Å². The Bertz CT molecular complexity index is 2820. The first-order valence-electron chi connectivity index (χ1n) is 22.1. The molecule has 14 heteroatoms. The van der Waals surface area contributed by atoms with Crippen molar-refractivity contribution < 1.29 is 23.9 Å². The fourth-order valence-corrected chi connectivity index (χ4v) is 9.05. The number of carbonyl (C=O) groups is 4. The van der Waals surface area contributed by atoms with E-state index in [1.165, 1.54) is 7.11 Å². The molecule has 0 bridgehead atoms. The Morgan fingerprint density at radius 1 is 0.646 bits per heavy atom. The standard InChI is InChI=1S/C51H51N9O5/c1-31(2)44(58-51(64)65-3)49(62)59-25-9-14-42(59)47-54-30-41(56-47)38-23-22-36-27-35(20-21-37(36)28-38)32-16-18-33(19-17-32)40-29-53-46(55-40)43-15-10-26-60(43)50(63)45(34-11-5-4-6-12-34)57-48(61)39-13-7-8-24-52-39/h4-8,11-13,16-24,27-31,42-45H,9-10,14-15,25-26H2,1-3H3,(H,53,55)(H,54,56)(H,57,61)(H,58,64)/t42-,43-,44-,45+/m0/s1. The summed E-state index contributed by atoms with van der Waals surface area (Å²) in [5, 5.41) is 7.83. The second kappa shape index (κ2) is 18.6. The summed E-state index contributed by atoms with van der Waals surface area (Å²) < 4.78 is 4.78. The van der Waals surface area contributed by atoms with E-state index < -0.39 is 24.1 Å². The van der Waals surface area contributed by atoms with Gasteiger partial charge in [0.2, 0.25) is 11.8 Å².